The highest BCUT2D eigenvalue weighted by atomic mass is 79.9. The van der Waals surface area contributed by atoms with E-state index in [1.54, 1.807) is 31.2 Å². The molecule has 0 aromatic carbocycles. The molecule has 2 aromatic heterocycles. The first-order valence-corrected chi connectivity index (χ1v) is 6.58. The molecule has 5 nitrogen and oxygen atoms in total. The zero-order valence-corrected chi connectivity index (χ0v) is 12.3. The van der Waals surface area contributed by atoms with Gasteiger partial charge in [0.15, 0.2) is 0 Å². The number of rotatable bonds is 5. The molecule has 2 heterocycles. The number of nitrogens with two attached hydrogens (primary N) is 1. The van der Waals surface area contributed by atoms with E-state index in [4.69, 9.17) is 9.57 Å². The van der Waals surface area contributed by atoms with Gasteiger partial charge in [0, 0.05) is 34.7 Å². The molecule has 0 aliphatic carbocycles. The quantitative estimate of drug-likeness (QED) is 0.856. The summed E-state index contributed by atoms with van der Waals surface area (Å²) in [6.07, 6.45) is 5.11. The lowest BCUT2D eigenvalue weighted by Gasteiger charge is -2.15. The fourth-order valence-electron chi connectivity index (χ4n) is 1.60. The molecule has 0 amide bonds. The molecule has 6 heteroatoms. The third-order valence-corrected chi connectivity index (χ3v) is 2.97. The van der Waals surface area contributed by atoms with Crippen LogP contribution in [0.25, 0.3) is 0 Å². The van der Waals surface area contributed by atoms with E-state index in [0.717, 1.165) is 10.0 Å². The topological polar surface area (TPSA) is 60.9 Å². The Kier molecular flexibility index (Phi) is 4.84. The second-order valence-corrected chi connectivity index (χ2v) is 4.85. The van der Waals surface area contributed by atoms with Crippen LogP contribution >= 0.6 is 15.9 Å². The van der Waals surface area contributed by atoms with Crippen molar-refractivity contribution in [2.24, 2.45) is 0 Å². The number of pyridine rings is 2. The van der Waals surface area contributed by atoms with E-state index in [1.807, 2.05) is 25.1 Å². The van der Waals surface area contributed by atoms with Gasteiger partial charge in [0.1, 0.15) is 6.10 Å². The van der Waals surface area contributed by atoms with Gasteiger partial charge in [0.05, 0.1) is 7.11 Å². The molecule has 0 fully saturated rings. The molecule has 2 rings (SSSR count). The minimum absolute atomic E-state index is 0.117. The van der Waals surface area contributed by atoms with E-state index >= 15 is 0 Å². The maximum Gasteiger partial charge on any atom is 0.300 e. The van der Waals surface area contributed by atoms with Crippen molar-refractivity contribution in [3.63, 3.8) is 0 Å². The standard InChI is InChI=1S/C13H14BrN3O2/c1-9(10-4-3-5-15-7-10)19-12-6-11(14)8-16-13(12)17-18-2/h3-9H,1-2H3,(H,16,17)/p+1. The number of hydrogen-bond donors (Lipinski definition) is 1. The average molecular weight is 325 g/mol. The second-order valence-electron chi connectivity index (χ2n) is 3.94. The largest absolute Gasteiger partial charge is 0.478 e. The van der Waals surface area contributed by atoms with Crippen LogP contribution in [0.15, 0.2) is 41.3 Å². The first-order chi connectivity index (χ1) is 9.20. The van der Waals surface area contributed by atoms with Crippen molar-refractivity contribution in [2.75, 3.05) is 7.11 Å². The van der Waals surface area contributed by atoms with Crippen molar-refractivity contribution in [1.82, 2.24) is 9.97 Å². The minimum atomic E-state index is -0.117. The van der Waals surface area contributed by atoms with E-state index in [-0.39, 0.29) is 6.10 Å². The molecule has 0 bridgehead atoms. The third kappa shape index (κ3) is 3.73. The first kappa shape index (κ1) is 13.9. The molecule has 100 valence electrons. The van der Waals surface area contributed by atoms with Gasteiger partial charge >= 0.3 is 0 Å². The second kappa shape index (κ2) is 6.60. The highest BCUT2D eigenvalue weighted by Crippen LogP contribution is 2.27. The van der Waals surface area contributed by atoms with Gasteiger partial charge in [0.2, 0.25) is 5.75 Å². The number of aromatic nitrogens is 2. The van der Waals surface area contributed by atoms with Gasteiger partial charge in [-0.15, -0.1) is 0 Å². The summed E-state index contributed by atoms with van der Waals surface area (Å²) in [6.45, 7) is 1.97. The molecule has 1 unspecified atom stereocenters. The first-order valence-electron chi connectivity index (χ1n) is 5.79. The summed E-state index contributed by atoms with van der Waals surface area (Å²) in [5.74, 6) is 1.31. The Balaban J connectivity index is 2.20. The molecule has 0 aliphatic rings. The lowest BCUT2D eigenvalue weighted by molar-refractivity contribution is -0.832. The molecule has 0 radical (unpaired) electrons. The summed E-state index contributed by atoms with van der Waals surface area (Å²) in [5.41, 5.74) is 2.56. The molecular formula is C13H15BrN3O2+. The minimum Gasteiger partial charge on any atom is -0.478 e. The molecule has 0 spiro atoms. The lowest BCUT2D eigenvalue weighted by atomic mass is 10.2. The summed E-state index contributed by atoms with van der Waals surface area (Å²) >= 11 is 3.38. The maximum atomic E-state index is 5.92. The van der Waals surface area contributed by atoms with Gasteiger partial charge in [-0.2, -0.15) is 10.5 Å². The van der Waals surface area contributed by atoms with Gasteiger partial charge in [-0.25, -0.2) is 4.84 Å². The van der Waals surface area contributed by atoms with Crippen LogP contribution in [0.2, 0.25) is 0 Å². The lowest BCUT2D eigenvalue weighted by Crippen LogP contribution is -2.76. The third-order valence-electron chi connectivity index (χ3n) is 2.54. The van der Waals surface area contributed by atoms with Crippen LogP contribution < -0.4 is 10.2 Å². The molecule has 0 aliphatic heterocycles. The highest BCUT2D eigenvalue weighted by Gasteiger charge is 2.15. The Hall–Kier alpha value is -1.50. The number of hydrogen-bond acceptors (Lipinski definition) is 4. The van der Waals surface area contributed by atoms with Crippen LogP contribution in [-0.2, 0) is 4.84 Å². The number of ether oxygens (including phenoxy) is 1. The molecule has 0 saturated heterocycles. The summed E-state index contributed by atoms with van der Waals surface area (Å²) in [4.78, 5) is 13.3. The van der Waals surface area contributed by atoms with E-state index in [0.29, 0.717) is 11.6 Å². The zero-order chi connectivity index (χ0) is 13.7. The Morgan fingerprint density at radius 3 is 2.89 bits per heavy atom. The maximum absolute atomic E-state index is 5.92. The van der Waals surface area contributed by atoms with Gasteiger partial charge < -0.3 is 4.74 Å². The predicted octanol–water partition coefficient (Wildman–Crippen LogP) is 2.14. The Labute approximate surface area is 120 Å². The molecule has 0 saturated carbocycles. The van der Waals surface area contributed by atoms with Gasteiger partial charge in [-0.05, 0) is 28.9 Å². The average Bonchev–Trinajstić information content (AvgIpc) is 2.43. The Morgan fingerprint density at radius 2 is 2.21 bits per heavy atom. The van der Waals surface area contributed by atoms with Crippen LogP contribution in [0.4, 0.5) is 5.82 Å². The Morgan fingerprint density at radius 1 is 1.37 bits per heavy atom. The van der Waals surface area contributed by atoms with Crippen LogP contribution in [0.3, 0.4) is 0 Å². The zero-order valence-electron chi connectivity index (χ0n) is 10.7. The fourth-order valence-corrected chi connectivity index (χ4v) is 1.91. The molecule has 2 N–H and O–H groups in total. The highest BCUT2D eigenvalue weighted by molar-refractivity contribution is 9.10. The van der Waals surface area contributed by atoms with Crippen molar-refractivity contribution in [1.29, 1.82) is 0 Å². The fraction of sp³-hybridized carbons (Fsp3) is 0.231. The van der Waals surface area contributed by atoms with E-state index in [2.05, 4.69) is 25.9 Å². The van der Waals surface area contributed by atoms with Crippen LogP contribution in [0.1, 0.15) is 18.6 Å². The van der Waals surface area contributed by atoms with Gasteiger partial charge in [0.25, 0.3) is 5.82 Å². The number of nitrogens with zero attached hydrogens (tertiary/aromatic N) is 2. The SMILES string of the molecule is CO[NH2+]c1ncc(Br)cc1OC(C)c1cccnc1. The van der Waals surface area contributed by atoms with Crippen LogP contribution in [0, 0.1) is 0 Å². The number of quaternary nitrogens is 1. The molecule has 19 heavy (non-hydrogen) atoms. The van der Waals surface area contributed by atoms with Crippen LogP contribution in [-0.4, -0.2) is 17.1 Å². The summed E-state index contributed by atoms with van der Waals surface area (Å²) in [6, 6.07) is 5.73. The van der Waals surface area contributed by atoms with E-state index in [9.17, 15) is 0 Å². The van der Waals surface area contributed by atoms with Gasteiger partial charge in [-0.3, -0.25) is 4.98 Å². The number of halogens is 1. The predicted molar refractivity (Wildman–Crippen MR) is 73.8 cm³/mol. The van der Waals surface area contributed by atoms with Crippen LogP contribution in [0.5, 0.6) is 5.75 Å². The molecular weight excluding hydrogens is 310 g/mol. The van der Waals surface area contributed by atoms with Crippen molar-refractivity contribution in [2.45, 2.75) is 13.0 Å². The van der Waals surface area contributed by atoms with Crippen molar-refractivity contribution < 1.29 is 15.1 Å². The summed E-state index contributed by atoms with van der Waals surface area (Å²) in [5, 5.41) is 0. The van der Waals surface area contributed by atoms with E-state index in [1.165, 1.54) is 0 Å². The molecule has 1 atom stereocenters. The van der Waals surface area contributed by atoms with Gasteiger partial charge in [-0.1, -0.05) is 6.07 Å². The normalized spacial score (nSPS) is 12.2. The summed E-state index contributed by atoms with van der Waals surface area (Å²) in [7, 11) is 1.58. The molecule has 2 aromatic rings. The van der Waals surface area contributed by atoms with Crippen molar-refractivity contribution in [3.8, 4) is 5.75 Å². The monoisotopic (exact) mass is 324 g/mol. The summed E-state index contributed by atoms with van der Waals surface area (Å²) < 4.78 is 6.78. The Bertz CT molecular complexity index is 537. The van der Waals surface area contributed by atoms with Crippen molar-refractivity contribution in [3.05, 3.63) is 46.8 Å². The van der Waals surface area contributed by atoms with E-state index < -0.39 is 0 Å². The smallest absolute Gasteiger partial charge is 0.300 e. The van der Waals surface area contributed by atoms with Crippen molar-refractivity contribution >= 4 is 21.7 Å².